The van der Waals surface area contributed by atoms with Gasteiger partial charge in [-0.05, 0) is 25.1 Å². The summed E-state index contributed by atoms with van der Waals surface area (Å²) in [7, 11) is -3.67. The number of imide groups is 1. The van der Waals surface area contributed by atoms with Crippen molar-refractivity contribution in [3.8, 4) is 5.75 Å². The van der Waals surface area contributed by atoms with Crippen molar-refractivity contribution in [3.05, 3.63) is 24.3 Å². The second-order valence-corrected chi connectivity index (χ2v) is 6.59. The van der Waals surface area contributed by atoms with Gasteiger partial charge < -0.3 is 10.4 Å². The zero-order chi connectivity index (χ0) is 14.9. The molecule has 1 saturated heterocycles. The maximum Gasteiger partial charge on any atom is 0.324 e. The summed E-state index contributed by atoms with van der Waals surface area (Å²) in [5.74, 6) is -0.988. The van der Waals surface area contributed by atoms with Crippen LogP contribution >= 0.6 is 0 Å². The molecule has 0 saturated carbocycles. The Hall–Kier alpha value is -2.09. The molecule has 2 rings (SSSR count). The average Bonchev–Trinajstić information content (AvgIpc) is 2.61. The van der Waals surface area contributed by atoms with E-state index < -0.39 is 27.8 Å². The second kappa shape index (κ2) is 5.12. The van der Waals surface area contributed by atoms with Crippen molar-refractivity contribution in [3.63, 3.8) is 0 Å². The normalized spacial score (nSPS) is 19.2. The summed E-state index contributed by atoms with van der Waals surface area (Å²) < 4.78 is 24.1. The first-order chi connectivity index (χ1) is 9.31. The highest BCUT2D eigenvalue weighted by Crippen LogP contribution is 2.17. The van der Waals surface area contributed by atoms with Crippen LogP contribution in [0.15, 0.2) is 29.2 Å². The fraction of sp³-hybridized carbons (Fsp3) is 0.333. The quantitative estimate of drug-likeness (QED) is 0.768. The molecule has 1 aliphatic heterocycles. The number of urea groups is 1. The van der Waals surface area contributed by atoms with Crippen LogP contribution in [-0.2, 0) is 14.6 Å². The van der Waals surface area contributed by atoms with Gasteiger partial charge in [0.15, 0.2) is 9.84 Å². The third kappa shape index (κ3) is 2.74. The van der Waals surface area contributed by atoms with E-state index in [1.165, 1.54) is 25.1 Å². The Kier molecular flexibility index (Phi) is 3.67. The van der Waals surface area contributed by atoms with E-state index in [1.54, 1.807) is 0 Å². The number of carbonyl (C=O) groups is 2. The van der Waals surface area contributed by atoms with Crippen LogP contribution in [0.25, 0.3) is 0 Å². The summed E-state index contributed by atoms with van der Waals surface area (Å²) in [5.41, 5.74) is 0. The van der Waals surface area contributed by atoms with Crippen LogP contribution in [0.2, 0.25) is 0 Å². The second-order valence-electron chi connectivity index (χ2n) is 4.48. The number of hydrogen-bond donors (Lipinski definition) is 2. The molecular weight excluding hydrogens is 284 g/mol. The number of sulfone groups is 1. The summed E-state index contributed by atoms with van der Waals surface area (Å²) in [6, 6.07) is 4.03. The molecule has 1 heterocycles. The van der Waals surface area contributed by atoms with Crippen molar-refractivity contribution in [2.75, 3.05) is 12.3 Å². The first-order valence-electron chi connectivity index (χ1n) is 5.95. The number of phenolic OH excluding ortho intramolecular Hbond substituents is 1. The summed E-state index contributed by atoms with van der Waals surface area (Å²) in [6.07, 6.45) is 0. The Labute approximate surface area is 116 Å². The topological polar surface area (TPSA) is 104 Å². The Morgan fingerprint density at radius 2 is 2.05 bits per heavy atom. The fourth-order valence-electron chi connectivity index (χ4n) is 1.88. The highest BCUT2D eigenvalue weighted by molar-refractivity contribution is 7.91. The van der Waals surface area contributed by atoms with Crippen molar-refractivity contribution in [1.29, 1.82) is 0 Å². The van der Waals surface area contributed by atoms with E-state index >= 15 is 0 Å². The smallest absolute Gasteiger partial charge is 0.324 e. The number of aromatic hydroxyl groups is 1. The molecule has 0 bridgehead atoms. The van der Waals surface area contributed by atoms with Gasteiger partial charge in [0.25, 0.3) is 5.91 Å². The molecule has 1 fully saturated rings. The lowest BCUT2D eigenvalue weighted by Crippen LogP contribution is -2.35. The van der Waals surface area contributed by atoms with Gasteiger partial charge in [0.05, 0.1) is 10.6 Å². The molecule has 0 unspecified atom stereocenters. The SMILES string of the molecule is C[C@H]1NC(=O)N(CCS(=O)(=O)c2cccc(O)c2)C1=O. The maximum absolute atomic E-state index is 12.1. The molecular formula is C12H14N2O5S. The number of phenols is 1. The minimum Gasteiger partial charge on any atom is -0.508 e. The molecule has 8 heteroatoms. The molecule has 0 aliphatic carbocycles. The molecule has 1 aromatic rings. The molecule has 1 aromatic carbocycles. The minimum atomic E-state index is -3.67. The molecule has 7 nitrogen and oxygen atoms in total. The summed E-state index contributed by atoms with van der Waals surface area (Å²) in [5, 5.41) is 11.7. The van der Waals surface area contributed by atoms with Gasteiger partial charge in [0.1, 0.15) is 11.8 Å². The number of carbonyl (C=O) groups excluding carboxylic acids is 2. The van der Waals surface area contributed by atoms with E-state index in [-0.39, 0.29) is 22.9 Å². The lowest BCUT2D eigenvalue weighted by Gasteiger charge is -2.12. The standard InChI is InChI=1S/C12H14N2O5S/c1-8-11(16)14(12(17)13-8)5-6-20(18,19)10-4-2-3-9(15)7-10/h2-4,7-8,15H,5-6H2,1H3,(H,13,17)/t8-/m1/s1. The maximum atomic E-state index is 12.1. The van der Waals surface area contributed by atoms with Crippen molar-refractivity contribution in [2.45, 2.75) is 17.9 Å². The van der Waals surface area contributed by atoms with Gasteiger partial charge in [-0.25, -0.2) is 13.2 Å². The van der Waals surface area contributed by atoms with E-state index in [2.05, 4.69) is 5.32 Å². The monoisotopic (exact) mass is 298 g/mol. The molecule has 0 spiro atoms. The van der Waals surface area contributed by atoms with Crippen LogP contribution in [0.5, 0.6) is 5.75 Å². The molecule has 0 radical (unpaired) electrons. The lowest BCUT2D eigenvalue weighted by molar-refractivity contribution is -0.126. The van der Waals surface area contributed by atoms with E-state index in [4.69, 9.17) is 0 Å². The highest BCUT2D eigenvalue weighted by Gasteiger charge is 2.35. The Morgan fingerprint density at radius 1 is 1.35 bits per heavy atom. The van der Waals surface area contributed by atoms with Crippen LogP contribution in [0, 0.1) is 0 Å². The molecule has 108 valence electrons. The fourth-order valence-corrected chi connectivity index (χ4v) is 3.12. The zero-order valence-corrected chi connectivity index (χ0v) is 11.6. The average molecular weight is 298 g/mol. The number of amides is 3. The van der Waals surface area contributed by atoms with Crippen molar-refractivity contribution in [1.82, 2.24) is 10.2 Å². The summed E-state index contributed by atoms with van der Waals surface area (Å²) in [6.45, 7) is 1.32. The summed E-state index contributed by atoms with van der Waals surface area (Å²) in [4.78, 5) is 23.9. The van der Waals surface area contributed by atoms with Crippen molar-refractivity contribution >= 4 is 21.8 Å². The minimum absolute atomic E-state index is 0.0439. The van der Waals surface area contributed by atoms with Gasteiger partial charge in [-0.1, -0.05) is 6.07 Å². The number of nitrogens with zero attached hydrogens (tertiary/aromatic N) is 1. The molecule has 0 aromatic heterocycles. The molecule has 2 N–H and O–H groups in total. The first-order valence-corrected chi connectivity index (χ1v) is 7.60. The lowest BCUT2D eigenvalue weighted by atomic mass is 10.3. The number of nitrogens with one attached hydrogen (secondary N) is 1. The highest BCUT2D eigenvalue weighted by atomic mass is 32.2. The predicted octanol–water partition coefficient (Wildman–Crippen LogP) is 0.106. The van der Waals surface area contributed by atoms with Crippen LogP contribution in [-0.4, -0.2) is 48.7 Å². The summed E-state index contributed by atoms with van der Waals surface area (Å²) >= 11 is 0. The third-order valence-electron chi connectivity index (χ3n) is 2.98. The van der Waals surface area contributed by atoms with Crippen LogP contribution < -0.4 is 5.32 Å². The number of rotatable bonds is 4. The van der Waals surface area contributed by atoms with E-state index in [9.17, 15) is 23.1 Å². The van der Waals surface area contributed by atoms with Gasteiger partial charge in [-0.15, -0.1) is 0 Å². The van der Waals surface area contributed by atoms with Gasteiger partial charge in [0, 0.05) is 6.54 Å². The van der Waals surface area contributed by atoms with Crippen LogP contribution in [0.4, 0.5) is 4.79 Å². The van der Waals surface area contributed by atoms with E-state index in [0.29, 0.717) is 0 Å². The molecule has 3 amide bonds. The van der Waals surface area contributed by atoms with Gasteiger partial charge in [-0.3, -0.25) is 9.69 Å². The van der Waals surface area contributed by atoms with E-state index in [0.717, 1.165) is 11.0 Å². The Balaban J connectivity index is 2.11. The van der Waals surface area contributed by atoms with Crippen molar-refractivity contribution in [2.24, 2.45) is 0 Å². The number of hydrogen-bond acceptors (Lipinski definition) is 5. The zero-order valence-electron chi connectivity index (χ0n) is 10.7. The number of benzene rings is 1. The molecule has 1 atom stereocenters. The third-order valence-corrected chi connectivity index (χ3v) is 4.67. The van der Waals surface area contributed by atoms with E-state index in [1.807, 2.05) is 0 Å². The Morgan fingerprint density at radius 3 is 2.60 bits per heavy atom. The van der Waals surface area contributed by atoms with Crippen molar-refractivity contribution < 1.29 is 23.1 Å². The molecule has 1 aliphatic rings. The Bertz CT molecular complexity index is 656. The van der Waals surface area contributed by atoms with Gasteiger partial charge in [0.2, 0.25) is 0 Å². The largest absolute Gasteiger partial charge is 0.508 e. The predicted molar refractivity (Wildman–Crippen MR) is 69.9 cm³/mol. The van der Waals surface area contributed by atoms with Crippen LogP contribution in [0.1, 0.15) is 6.92 Å². The van der Waals surface area contributed by atoms with Gasteiger partial charge in [-0.2, -0.15) is 0 Å². The van der Waals surface area contributed by atoms with Gasteiger partial charge >= 0.3 is 6.03 Å². The molecule has 20 heavy (non-hydrogen) atoms. The first kappa shape index (κ1) is 14.3. The van der Waals surface area contributed by atoms with Crippen LogP contribution in [0.3, 0.4) is 0 Å².